The highest BCUT2D eigenvalue weighted by Gasteiger charge is 2.42. The summed E-state index contributed by atoms with van der Waals surface area (Å²) in [4.78, 5) is 29.5. The maximum atomic E-state index is 12.8. The third kappa shape index (κ3) is 5.60. The van der Waals surface area contributed by atoms with Crippen molar-refractivity contribution in [3.63, 3.8) is 0 Å². The van der Waals surface area contributed by atoms with Crippen LogP contribution in [-0.2, 0) is 25.0 Å². The zero-order valence-corrected chi connectivity index (χ0v) is 21.5. The fraction of sp³-hybridized carbons (Fsp3) is 0.375. The van der Waals surface area contributed by atoms with Crippen LogP contribution in [-0.4, -0.2) is 39.3 Å². The highest BCUT2D eigenvalue weighted by atomic mass is 35.5. The number of amides is 1. The van der Waals surface area contributed by atoms with Crippen molar-refractivity contribution in [2.24, 2.45) is 15.4 Å². The zero-order chi connectivity index (χ0) is 26.5. The van der Waals surface area contributed by atoms with E-state index in [4.69, 9.17) is 28.0 Å². The van der Waals surface area contributed by atoms with E-state index in [0.29, 0.717) is 33.3 Å². The maximum absolute atomic E-state index is 12.8. The quantitative estimate of drug-likeness (QED) is 0.413. The molecular formula is C24H21Cl2F3N2O4S. The number of Topliss-reactive ketones (excluding diaryl/α,β-unsaturated/α-hetero) is 1. The van der Waals surface area contributed by atoms with Crippen molar-refractivity contribution in [1.82, 2.24) is 0 Å². The van der Waals surface area contributed by atoms with E-state index < -0.39 is 33.3 Å². The van der Waals surface area contributed by atoms with Gasteiger partial charge in [-0.2, -0.15) is 17.5 Å². The van der Waals surface area contributed by atoms with Crippen molar-refractivity contribution >= 4 is 50.3 Å². The van der Waals surface area contributed by atoms with Gasteiger partial charge in [0.15, 0.2) is 11.4 Å². The molecule has 1 atom stereocenters. The van der Waals surface area contributed by atoms with Gasteiger partial charge >= 0.3 is 12.1 Å². The van der Waals surface area contributed by atoms with Gasteiger partial charge in [-0.15, -0.1) is 0 Å². The van der Waals surface area contributed by atoms with Crippen molar-refractivity contribution < 1.29 is 31.8 Å². The van der Waals surface area contributed by atoms with Gasteiger partial charge in [0.05, 0.1) is 15.4 Å². The minimum absolute atomic E-state index is 0.00452. The molecule has 2 aromatic carbocycles. The number of oxime groups is 1. The van der Waals surface area contributed by atoms with Crippen LogP contribution < -0.4 is 0 Å². The third-order valence-corrected chi connectivity index (χ3v) is 9.07. The summed E-state index contributed by atoms with van der Waals surface area (Å²) in [6.07, 6.45) is -4.70. The lowest BCUT2D eigenvalue weighted by atomic mass is 9.88. The first kappa shape index (κ1) is 26.6. The summed E-state index contributed by atoms with van der Waals surface area (Å²) in [6, 6.07) is 10.4. The number of alkyl halides is 3. The molecule has 4 rings (SSSR count). The van der Waals surface area contributed by atoms with Crippen LogP contribution in [0.2, 0.25) is 10.0 Å². The number of nitrogens with zero attached hydrogens (tertiary/aromatic N) is 2. The monoisotopic (exact) mass is 560 g/mol. The zero-order valence-electron chi connectivity index (χ0n) is 19.2. The van der Waals surface area contributed by atoms with Crippen molar-refractivity contribution in [2.75, 3.05) is 11.5 Å². The molecule has 6 nitrogen and oxygen atoms in total. The normalized spacial score (nSPS) is 25.5. The van der Waals surface area contributed by atoms with E-state index in [-0.39, 0.29) is 23.7 Å². The second-order valence-electron chi connectivity index (χ2n) is 9.22. The second-order valence-corrected chi connectivity index (χ2v) is 12.5. The molecular weight excluding hydrogens is 540 g/mol. The van der Waals surface area contributed by atoms with Crippen LogP contribution in [0.5, 0.6) is 0 Å². The number of hydrogen-bond donors (Lipinski definition) is 0. The first-order chi connectivity index (χ1) is 16.7. The minimum Gasteiger partial charge on any atom is -0.384 e. The van der Waals surface area contributed by atoms with E-state index in [1.807, 2.05) is 13.0 Å². The number of carbonyl (C=O) groups excluding carboxylic acids is 2. The Labute approximate surface area is 216 Å². The molecule has 0 spiro atoms. The fourth-order valence-electron chi connectivity index (χ4n) is 4.32. The highest BCUT2D eigenvalue weighted by molar-refractivity contribution is 7.95. The Bertz CT molecular complexity index is 1380. The van der Waals surface area contributed by atoms with Crippen LogP contribution >= 0.6 is 23.2 Å². The van der Waals surface area contributed by atoms with Gasteiger partial charge in [0.2, 0.25) is 0 Å². The largest absolute Gasteiger partial charge is 0.474 e. The number of benzene rings is 2. The molecule has 192 valence electrons. The van der Waals surface area contributed by atoms with Crippen LogP contribution in [0.25, 0.3) is 0 Å². The van der Waals surface area contributed by atoms with Crippen molar-refractivity contribution in [2.45, 2.75) is 38.5 Å². The molecule has 36 heavy (non-hydrogen) atoms. The molecule has 12 heteroatoms. The first-order valence-electron chi connectivity index (χ1n) is 10.9. The number of ketones is 1. The Morgan fingerprint density at radius 2 is 1.81 bits per heavy atom. The van der Waals surface area contributed by atoms with Crippen molar-refractivity contribution in [1.29, 1.82) is 0 Å². The molecule has 0 N–H and O–H groups in total. The number of aryl methyl sites for hydroxylation is 1. The summed E-state index contributed by atoms with van der Waals surface area (Å²) in [5.74, 6) is -3.39. The lowest BCUT2D eigenvalue weighted by Crippen LogP contribution is -2.39. The molecule has 1 amide bonds. The van der Waals surface area contributed by atoms with E-state index in [1.165, 1.54) is 0 Å². The molecule has 1 unspecified atom stereocenters. The SMILES string of the molecule is Cc1cc(C2=NOC(C)(c3cc(Cl)cc(Cl)c3)C2)ccc1C(=O)CC1CS(=O)(=NC(=O)C(F)(F)F)C1. The van der Waals surface area contributed by atoms with Crippen LogP contribution in [0.3, 0.4) is 0 Å². The number of rotatable bonds is 5. The lowest BCUT2D eigenvalue weighted by molar-refractivity contribution is -0.169. The second kappa shape index (κ2) is 9.46. The van der Waals surface area contributed by atoms with Gasteiger partial charge in [-0.05, 0) is 55.2 Å². The molecule has 1 saturated heterocycles. The van der Waals surface area contributed by atoms with E-state index in [9.17, 15) is 27.0 Å². The first-order valence-corrected chi connectivity index (χ1v) is 13.5. The molecule has 2 aromatic rings. The van der Waals surface area contributed by atoms with Crippen LogP contribution in [0.15, 0.2) is 45.9 Å². The molecule has 0 aliphatic carbocycles. The van der Waals surface area contributed by atoms with Gasteiger partial charge in [-0.25, -0.2) is 4.21 Å². The number of hydrogen-bond acceptors (Lipinski definition) is 5. The number of carbonyl (C=O) groups is 2. The molecule has 2 aliphatic rings. The lowest BCUT2D eigenvalue weighted by Gasteiger charge is -2.29. The topological polar surface area (TPSA) is 85.2 Å². The Kier molecular flexibility index (Phi) is 7.00. The van der Waals surface area contributed by atoms with Crippen molar-refractivity contribution in [3.05, 3.63) is 68.7 Å². The van der Waals surface area contributed by atoms with E-state index in [0.717, 1.165) is 11.1 Å². The summed E-state index contributed by atoms with van der Waals surface area (Å²) in [7, 11) is -3.26. The molecule has 0 bridgehead atoms. The van der Waals surface area contributed by atoms with Gasteiger partial charge in [-0.3, -0.25) is 9.59 Å². The van der Waals surface area contributed by atoms with Crippen LogP contribution in [0, 0.1) is 12.8 Å². The third-order valence-electron chi connectivity index (χ3n) is 6.15. The summed E-state index contributed by atoms with van der Waals surface area (Å²) >= 11 is 12.3. The molecule has 0 aromatic heterocycles. The Morgan fingerprint density at radius 3 is 2.39 bits per heavy atom. The van der Waals surface area contributed by atoms with Gasteiger partial charge in [0.1, 0.15) is 0 Å². The van der Waals surface area contributed by atoms with E-state index in [1.54, 1.807) is 37.3 Å². The van der Waals surface area contributed by atoms with Crippen LogP contribution in [0.4, 0.5) is 13.2 Å². The van der Waals surface area contributed by atoms with E-state index in [2.05, 4.69) is 9.52 Å². The highest BCUT2D eigenvalue weighted by Crippen LogP contribution is 2.38. The van der Waals surface area contributed by atoms with Gasteiger partial charge < -0.3 is 4.84 Å². The standard InChI is InChI=1S/C24H21Cl2F3N2O4S/c1-13-5-15(20-10-23(2,35-30-20)16-7-17(25)9-18(26)8-16)3-4-19(13)21(32)6-14-11-36(34,12-14)31-22(33)24(27,28)29/h3-5,7-9,14H,6,10-12H2,1-2H3. The molecule has 2 aliphatic heterocycles. The van der Waals surface area contributed by atoms with Gasteiger partial charge in [-0.1, -0.05) is 40.5 Å². The smallest absolute Gasteiger partial charge is 0.384 e. The summed E-state index contributed by atoms with van der Waals surface area (Å²) in [5.41, 5.74) is 2.62. The predicted octanol–water partition coefficient (Wildman–Crippen LogP) is 6.10. The summed E-state index contributed by atoms with van der Waals surface area (Å²) in [6.45, 7) is 3.64. The molecule has 1 fully saturated rings. The molecule has 0 radical (unpaired) electrons. The summed E-state index contributed by atoms with van der Waals surface area (Å²) < 4.78 is 52.2. The average Bonchev–Trinajstić information content (AvgIpc) is 3.14. The minimum atomic E-state index is -5.16. The molecule has 0 saturated carbocycles. The Balaban J connectivity index is 1.41. The maximum Gasteiger partial charge on any atom is 0.474 e. The average molecular weight is 561 g/mol. The predicted molar refractivity (Wildman–Crippen MR) is 131 cm³/mol. The molecule has 2 heterocycles. The van der Waals surface area contributed by atoms with Crippen LogP contribution in [0.1, 0.15) is 46.8 Å². The Morgan fingerprint density at radius 1 is 1.17 bits per heavy atom. The van der Waals surface area contributed by atoms with Gasteiger partial charge in [0, 0.05) is 45.5 Å². The number of halogens is 5. The Hall–Kier alpha value is -2.43. The van der Waals surface area contributed by atoms with Crippen molar-refractivity contribution in [3.8, 4) is 0 Å². The summed E-state index contributed by atoms with van der Waals surface area (Å²) in [5, 5.41) is 5.20. The fourth-order valence-corrected chi connectivity index (χ4v) is 7.01. The van der Waals surface area contributed by atoms with Gasteiger partial charge in [0.25, 0.3) is 0 Å². The van der Waals surface area contributed by atoms with E-state index >= 15 is 0 Å².